The number of piperidine rings is 1. The SMILES string of the molecule is Cc1[nH]c2ccc(Cl)cc2c1CCNC(=O)C1CC2(CCNCC2)CN1.Cl.Cl. The first-order valence-electron chi connectivity index (χ1n) is 9.55. The number of rotatable bonds is 4. The summed E-state index contributed by atoms with van der Waals surface area (Å²) >= 11 is 6.15. The van der Waals surface area contributed by atoms with E-state index in [1.54, 1.807) is 0 Å². The molecule has 2 fully saturated rings. The average Bonchev–Trinajstić information content (AvgIpc) is 3.17. The third-order valence-electron chi connectivity index (χ3n) is 6.10. The van der Waals surface area contributed by atoms with Crippen LogP contribution in [0.5, 0.6) is 0 Å². The molecule has 2 aliphatic rings. The number of H-pyrrole nitrogens is 1. The van der Waals surface area contributed by atoms with E-state index in [-0.39, 0.29) is 36.8 Å². The second-order valence-electron chi connectivity index (χ2n) is 7.85. The zero-order chi connectivity index (χ0) is 18.1. The molecule has 2 aromatic rings. The molecule has 156 valence electrons. The van der Waals surface area contributed by atoms with Gasteiger partial charge in [-0.05, 0) is 74.9 Å². The Morgan fingerprint density at radius 2 is 2.04 bits per heavy atom. The predicted molar refractivity (Wildman–Crippen MR) is 120 cm³/mol. The molecule has 28 heavy (non-hydrogen) atoms. The van der Waals surface area contributed by atoms with Gasteiger partial charge in [0.25, 0.3) is 0 Å². The highest BCUT2D eigenvalue weighted by Crippen LogP contribution is 2.37. The van der Waals surface area contributed by atoms with E-state index in [2.05, 4.69) is 27.9 Å². The summed E-state index contributed by atoms with van der Waals surface area (Å²) in [5, 5.41) is 11.9. The van der Waals surface area contributed by atoms with Crippen molar-refractivity contribution < 1.29 is 4.79 Å². The number of carbonyl (C=O) groups is 1. The molecule has 0 aliphatic carbocycles. The molecular weight excluding hydrogens is 419 g/mol. The minimum atomic E-state index is -0.0494. The van der Waals surface area contributed by atoms with Gasteiger partial charge >= 0.3 is 0 Å². The Labute approximate surface area is 183 Å². The largest absolute Gasteiger partial charge is 0.358 e. The molecule has 0 radical (unpaired) electrons. The molecule has 1 amide bonds. The summed E-state index contributed by atoms with van der Waals surface area (Å²) in [6.45, 7) is 5.82. The normalized spacial score (nSPS) is 20.6. The molecule has 5 nitrogen and oxygen atoms in total. The summed E-state index contributed by atoms with van der Waals surface area (Å²) in [6, 6.07) is 5.85. The number of aromatic amines is 1. The van der Waals surface area contributed by atoms with Gasteiger partial charge in [0.15, 0.2) is 0 Å². The van der Waals surface area contributed by atoms with Gasteiger partial charge in [-0.2, -0.15) is 0 Å². The molecule has 0 bridgehead atoms. The van der Waals surface area contributed by atoms with Crippen molar-refractivity contribution in [1.82, 2.24) is 20.9 Å². The monoisotopic (exact) mass is 446 g/mol. The number of benzene rings is 1. The molecule has 3 heterocycles. The van der Waals surface area contributed by atoms with E-state index in [0.717, 1.165) is 54.1 Å². The highest BCUT2D eigenvalue weighted by Gasteiger charge is 2.41. The fraction of sp³-hybridized carbons (Fsp3) is 0.550. The van der Waals surface area contributed by atoms with E-state index >= 15 is 0 Å². The molecule has 0 saturated carbocycles. The Morgan fingerprint density at radius 1 is 1.29 bits per heavy atom. The number of carbonyl (C=O) groups excluding carboxylic acids is 1. The van der Waals surface area contributed by atoms with Crippen molar-refractivity contribution in [3.8, 4) is 0 Å². The average molecular weight is 448 g/mol. The molecule has 1 spiro atoms. The van der Waals surface area contributed by atoms with E-state index in [1.807, 2.05) is 18.2 Å². The van der Waals surface area contributed by atoms with Gasteiger partial charge in [0, 0.05) is 34.7 Å². The number of nitrogens with one attached hydrogen (secondary N) is 4. The number of aryl methyl sites for hydroxylation is 1. The van der Waals surface area contributed by atoms with Crippen LogP contribution in [0, 0.1) is 12.3 Å². The molecule has 1 atom stereocenters. The Balaban J connectivity index is 0.00000140. The molecule has 1 aromatic carbocycles. The Bertz CT molecular complexity index is 817. The highest BCUT2D eigenvalue weighted by molar-refractivity contribution is 6.31. The van der Waals surface area contributed by atoms with Crippen molar-refractivity contribution >= 4 is 53.2 Å². The van der Waals surface area contributed by atoms with Gasteiger partial charge in [0.1, 0.15) is 0 Å². The maximum absolute atomic E-state index is 12.6. The van der Waals surface area contributed by atoms with Crippen molar-refractivity contribution in [3.05, 3.63) is 34.5 Å². The second-order valence-corrected chi connectivity index (χ2v) is 8.28. The van der Waals surface area contributed by atoms with E-state index < -0.39 is 0 Å². The van der Waals surface area contributed by atoms with E-state index in [0.29, 0.717) is 12.0 Å². The maximum Gasteiger partial charge on any atom is 0.237 e. The number of aromatic nitrogens is 1. The summed E-state index contributed by atoms with van der Waals surface area (Å²) < 4.78 is 0. The van der Waals surface area contributed by atoms with Crippen molar-refractivity contribution in [3.63, 3.8) is 0 Å². The van der Waals surface area contributed by atoms with Crippen LogP contribution < -0.4 is 16.0 Å². The van der Waals surface area contributed by atoms with Crippen LogP contribution in [0.25, 0.3) is 10.9 Å². The van der Waals surface area contributed by atoms with Crippen LogP contribution in [0.4, 0.5) is 0 Å². The molecule has 4 N–H and O–H groups in total. The van der Waals surface area contributed by atoms with Crippen LogP contribution in [0.1, 0.15) is 30.5 Å². The molecule has 1 aromatic heterocycles. The zero-order valence-electron chi connectivity index (χ0n) is 16.1. The number of hydrogen-bond acceptors (Lipinski definition) is 3. The van der Waals surface area contributed by atoms with Gasteiger partial charge < -0.3 is 20.9 Å². The smallest absolute Gasteiger partial charge is 0.237 e. The summed E-state index contributed by atoms with van der Waals surface area (Å²) in [6.07, 6.45) is 4.10. The summed E-state index contributed by atoms with van der Waals surface area (Å²) in [7, 11) is 0. The summed E-state index contributed by atoms with van der Waals surface area (Å²) in [4.78, 5) is 16.0. The number of amides is 1. The Hall–Kier alpha value is -0.980. The topological polar surface area (TPSA) is 69.0 Å². The molecule has 8 heteroatoms. The van der Waals surface area contributed by atoms with Crippen molar-refractivity contribution in [2.24, 2.45) is 5.41 Å². The van der Waals surface area contributed by atoms with Crippen LogP contribution in [0.3, 0.4) is 0 Å². The minimum Gasteiger partial charge on any atom is -0.358 e. The number of hydrogen-bond donors (Lipinski definition) is 4. The lowest BCUT2D eigenvalue weighted by atomic mass is 9.77. The van der Waals surface area contributed by atoms with Gasteiger partial charge in [-0.15, -0.1) is 24.8 Å². The van der Waals surface area contributed by atoms with Gasteiger partial charge in [-0.25, -0.2) is 0 Å². The third kappa shape index (κ3) is 4.77. The molecule has 4 rings (SSSR count). The van der Waals surface area contributed by atoms with Crippen LogP contribution in [0.15, 0.2) is 18.2 Å². The third-order valence-corrected chi connectivity index (χ3v) is 6.33. The van der Waals surface area contributed by atoms with Crippen molar-refractivity contribution in [1.29, 1.82) is 0 Å². The summed E-state index contributed by atoms with van der Waals surface area (Å²) in [5.74, 6) is 0.135. The lowest BCUT2D eigenvalue weighted by Crippen LogP contribution is -2.41. The highest BCUT2D eigenvalue weighted by atomic mass is 35.5. The summed E-state index contributed by atoms with van der Waals surface area (Å²) in [5.41, 5.74) is 3.79. The fourth-order valence-electron chi connectivity index (χ4n) is 4.55. The molecule has 2 aliphatic heterocycles. The van der Waals surface area contributed by atoms with Gasteiger partial charge in [-0.1, -0.05) is 11.6 Å². The van der Waals surface area contributed by atoms with Crippen molar-refractivity contribution in [2.45, 2.75) is 38.6 Å². The Morgan fingerprint density at radius 3 is 2.79 bits per heavy atom. The standard InChI is InChI=1S/C20H27ClN4O.2ClH/c1-13-15(16-10-14(21)2-3-17(16)25-13)4-7-23-19(26)18-11-20(12-24-18)5-8-22-9-6-20;;/h2-3,10,18,22,24-25H,4-9,11-12H2,1H3,(H,23,26);2*1H. The van der Waals surface area contributed by atoms with E-state index in [4.69, 9.17) is 11.6 Å². The lowest BCUT2D eigenvalue weighted by molar-refractivity contribution is -0.122. The molecule has 1 unspecified atom stereocenters. The van der Waals surface area contributed by atoms with E-state index in [1.165, 1.54) is 18.4 Å². The quantitative estimate of drug-likeness (QED) is 0.581. The molecule has 2 saturated heterocycles. The first kappa shape index (κ1) is 23.3. The maximum atomic E-state index is 12.6. The van der Waals surface area contributed by atoms with Crippen molar-refractivity contribution in [2.75, 3.05) is 26.2 Å². The van der Waals surface area contributed by atoms with Gasteiger partial charge in [-0.3, -0.25) is 4.79 Å². The second kappa shape index (κ2) is 9.68. The predicted octanol–water partition coefficient (Wildman–Crippen LogP) is 3.36. The van der Waals surface area contributed by atoms with Crippen LogP contribution in [-0.2, 0) is 11.2 Å². The molecular formula is C20H29Cl3N4O. The van der Waals surface area contributed by atoms with Crippen LogP contribution >= 0.6 is 36.4 Å². The Kier molecular flexibility index (Phi) is 8.06. The number of halogens is 3. The lowest BCUT2D eigenvalue weighted by Gasteiger charge is -2.33. The van der Waals surface area contributed by atoms with Crippen LogP contribution in [0.2, 0.25) is 5.02 Å². The fourth-order valence-corrected chi connectivity index (χ4v) is 4.72. The van der Waals surface area contributed by atoms with E-state index in [9.17, 15) is 4.79 Å². The van der Waals surface area contributed by atoms with Gasteiger partial charge in [0.2, 0.25) is 5.91 Å². The van der Waals surface area contributed by atoms with Crippen LogP contribution in [-0.4, -0.2) is 43.1 Å². The van der Waals surface area contributed by atoms with Gasteiger partial charge in [0.05, 0.1) is 6.04 Å². The minimum absolute atomic E-state index is 0. The zero-order valence-corrected chi connectivity index (χ0v) is 18.5. The number of fused-ring (bicyclic) bond motifs is 1. The first-order chi connectivity index (χ1) is 12.6. The first-order valence-corrected chi connectivity index (χ1v) is 9.93.